The number of ether oxygens (including phenoxy) is 1. The Morgan fingerprint density at radius 2 is 2.25 bits per heavy atom. The molecule has 1 saturated heterocycles. The Morgan fingerprint density at radius 1 is 1.50 bits per heavy atom. The normalized spacial score (nSPS) is 35.8. The van der Waals surface area contributed by atoms with Gasteiger partial charge in [0.05, 0.1) is 24.9 Å². The highest BCUT2D eigenvalue weighted by Gasteiger charge is 2.32. The number of aliphatic hydroxyl groups excluding tert-OH is 1. The number of unbranched alkanes of at least 4 members (excludes halogenated alkanes) is 2. The number of rotatable bonds is 4. The van der Waals surface area contributed by atoms with Crippen molar-refractivity contribution in [2.24, 2.45) is 5.73 Å². The second-order valence-electron chi connectivity index (χ2n) is 3.52. The lowest BCUT2D eigenvalue weighted by Gasteiger charge is -2.14. The van der Waals surface area contributed by atoms with Gasteiger partial charge in [-0.1, -0.05) is 26.2 Å². The second-order valence-corrected chi connectivity index (χ2v) is 3.52. The topological polar surface area (TPSA) is 55.5 Å². The molecule has 0 spiro atoms. The third-order valence-corrected chi connectivity index (χ3v) is 2.41. The average molecular weight is 173 g/mol. The summed E-state index contributed by atoms with van der Waals surface area (Å²) < 4.78 is 5.35. The standard InChI is InChI=1S/C9H19NO2/c1-2-3-4-5-8-9(11)7(10)6-12-8/h7-9,11H,2-6,10H2,1H3/t7-,8-,9-/m0/s1. The average Bonchev–Trinajstić information content (AvgIpc) is 2.36. The predicted molar refractivity (Wildman–Crippen MR) is 47.9 cm³/mol. The van der Waals surface area contributed by atoms with Crippen molar-refractivity contribution in [2.75, 3.05) is 6.61 Å². The Morgan fingerprint density at radius 3 is 2.75 bits per heavy atom. The lowest BCUT2D eigenvalue weighted by molar-refractivity contribution is 0.0343. The van der Waals surface area contributed by atoms with E-state index in [1.54, 1.807) is 0 Å². The van der Waals surface area contributed by atoms with Gasteiger partial charge in [0.25, 0.3) is 0 Å². The SMILES string of the molecule is CCCCC[C@@H]1OC[C@H](N)[C@@H]1O. The minimum absolute atomic E-state index is 0.00782. The van der Waals surface area contributed by atoms with Crippen molar-refractivity contribution < 1.29 is 9.84 Å². The summed E-state index contributed by atoms with van der Waals surface area (Å²) in [6.45, 7) is 2.68. The number of hydrogen-bond donors (Lipinski definition) is 2. The fraction of sp³-hybridized carbons (Fsp3) is 1.00. The van der Waals surface area contributed by atoms with Crippen LogP contribution < -0.4 is 5.73 Å². The van der Waals surface area contributed by atoms with Gasteiger partial charge in [0.15, 0.2) is 0 Å². The maximum Gasteiger partial charge on any atom is 0.0974 e. The van der Waals surface area contributed by atoms with E-state index in [0.29, 0.717) is 6.61 Å². The molecular weight excluding hydrogens is 154 g/mol. The smallest absolute Gasteiger partial charge is 0.0974 e. The van der Waals surface area contributed by atoms with E-state index in [2.05, 4.69) is 6.92 Å². The van der Waals surface area contributed by atoms with Gasteiger partial charge in [-0.15, -0.1) is 0 Å². The first-order chi connectivity index (χ1) is 5.75. The zero-order valence-corrected chi connectivity index (χ0v) is 7.70. The summed E-state index contributed by atoms with van der Waals surface area (Å²) in [6.07, 6.45) is 4.04. The lowest BCUT2D eigenvalue weighted by Crippen LogP contribution is -2.36. The van der Waals surface area contributed by atoms with Crippen molar-refractivity contribution >= 4 is 0 Å². The fourth-order valence-electron chi connectivity index (χ4n) is 1.56. The third-order valence-electron chi connectivity index (χ3n) is 2.41. The minimum Gasteiger partial charge on any atom is -0.389 e. The molecule has 1 heterocycles. The molecule has 0 aromatic heterocycles. The van der Waals surface area contributed by atoms with Crippen LogP contribution in [-0.4, -0.2) is 30.0 Å². The molecule has 1 fully saturated rings. The Kier molecular flexibility index (Phi) is 3.98. The Hall–Kier alpha value is -0.120. The first-order valence-corrected chi connectivity index (χ1v) is 4.81. The summed E-state index contributed by atoms with van der Waals surface area (Å²) in [6, 6.07) is -0.170. The second kappa shape index (κ2) is 4.80. The van der Waals surface area contributed by atoms with Crippen molar-refractivity contribution in [3.63, 3.8) is 0 Å². The molecule has 0 radical (unpaired) electrons. The molecule has 3 heteroatoms. The lowest BCUT2D eigenvalue weighted by atomic mass is 10.0. The van der Waals surface area contributed by atoms with Crippen LogP contribution in [0.15, 0.2) is 0 Å². The molecule has 12 heavy (non-hydrogen) atoms. The predicted octanol–water partition coefficient (Wildman–Crippen LogP) is 0.654. The van der Waals surface area contributed by atoms with E-state index in [1.165, 1.54) is 12.8 Å². The van der Waals surface area contributed by atoms with E-state index in [0.717, 1.165) is 12.8 Å². The van der Waals surface area contributed by atoms with Gasteiger partial charge in [-0.3, -0.25) is 0 Å². The summed E-state index contributed by atoms with van der Waals surface area (Å²) in [4.78, 5) is 0. The molecule has 72 valence electrons. The highest BCUT2D eigenvalue weighted by atomic mass is 16.5. The van der Waals surface area contributed by atoms with Crippen LogP contribution in [0.4, 0.5) is 0 Å². The number of hydrogen-bond acceptors (Lipinski definition) is 3. The van der Waals surface area contributed by atoms with Crippen molar-refractivity contribution in [1.82, 2.24) is 0 Å². The molecule has 0 aliphatic carbocycles. The molecule has 3 N–H and O–H groups in total. The minimum atomic E-state index is -0.443. The molecule has 0 unspecified atom stereocenters. The molecule has 1 aliphatic heterocycles. The first kappa shape index (κ1) is 9.96. The van der Waals surface area contributed by atoms with Crippen LogP contribution in [-0.2, 0) is 4.74 Å². The Labute approximate surface area is 73.9 Å². The van der Waals surface area contributed by atoms with Crippen LogP contribution in [0, 0.1) is 0 Å². The molecule has 0 saturated carbocycles. The number of nitrogens with two attached hydrogens (primary N) is 1. The van der Waals surface area contributed by atoms with Gasteiger partial charge in [-0.25, -0.2) is 0 Å². The largest absolute Gasteiger partial charge is 0.389 e. The zero-order chi connectivity index (χ0) is 8.97. The van der Waals surface area contributed by atoms with Gasteiger partial charge in [0.1, 0.15) is 0 Å². The summed E-state index contributed by atoms with van der Waals surface area (Å²) >= 11 is 0. The summed E-state index contributed by atoms with van der Waals surface area (Å²) in [5.74, 6) is 0. The quantitative estimate of drug-likeness (QED) is 0.614. The van der Waals surface area contributed by atoms with Crippen molar-refractivity contribution in [1.29, 1.82) is 0 Å². The zero-order valence-electron chi connectivity index (χ0n) is 7.70. The molecule has 3 nitrogen and oxygen atoms in total. The van der Waals surface area contributed by atoms with Gasteiger partial charge < -0.3 is 15.6 Å². The molecular formula is C9H19NO2. The van der Waals surface area contributed by atoms with Gasteiger partial charge >= 0.3 is 0 Å². The summed E-state index contributed by atoms with van der Waals surface area (Å²) in [5, 5.41) is 9.51. The molecule has 1 rings (SSSR count). The first-order valence-electron chi connectivity index (χ1n) is 4.81. The molecule has 0 bridgehead atoms. The van der Waals surface area contributed by atoms with Crippen LogP contribution in [0.2, 0.25) is 0 Å². The van der Waals surface area contributed by atoms with E-state index in [4.69, 9.17) is 10.5 Å². The fourth-order valence-corrected chi connectivity index (χ4v) is 1.56. The van der Waals surface area contributed by atoms with E-state index in [-0.39, 0.29) is 12.1 Å². The van der Waals surface area contributed by atoms with Gasteiger partial charge in [-0.05, 0) is 6.42 Å². The van der Waals surface area contributed by atoms with Crippen LogP contribution in [0.25, 0.3) is 0 Å². The van der Waals surface area contributed by atoms with E-state index in [1.807, 2.05) is 0 Å². The molecule has 0 aromatic rings. The highest BCUT2D eigenvalue weighted by Crippen LogP contribution is 2.18. The van der Waals surface area contributed by atoms with Gasteiger partial charge in [-0.2, -0.15) is 0 Å². The van der Waals surface area contributed by atoms with Gasteiger partial charge in [0.2, 0.25) is 0 Å². The molecule has 0 aromatic carbocycles. The maximum atomic E-state index is 9.51. The van der Waals surface area contributed by atoms with E-state index >= 15 is 0 Å². The van der Waals surface area contributed by atoms with Crippen molar-refractivity contribution in [3.05, 3.63) is 0 Å². The van der Waals surface area contributed by atoms with Crippen molar-refractivity contribution in [3.8, 4) is 0 Å². The van der Waals surface area contributed by atoms with Crippen molar-refractivity contribution in [2.45, 2.75) is 50.9 Å². The third kappa shape index (κ3) is 2.44. The monoisotopic (exact) mass is 173 g/mol. The summed E-state index contributed by atoms with van der Waals surface area (Å²) in [7, 11) is 0. The van der Waals surface area contributed by atoms with Crippen LogP contribution in [0.5, 0.6) is 0 Å². The Balaban J connectivity index is 2.16. The number of aliphatic hydroxyl groups is 1. The highest BCUT2D eigenvalue weighted by molar-refractivity contribution is 4.85. The maximum absolute atomic E-state index is 9.51. The van der Waals surface area contributed by atoms with Crippen LogP contribution in [0.1, 0.15) is 32.6 Å². The van der Waals surface area contributed by atoms with Gasteiger partial charge in [0, 0.05) is 0 Å². The molecule has 0 amide bonds. The summed E-state index contributed by atoms with van der Waals surface area (Å²) in [5.41, 5.74) is 5.60. The van der Waals surface area contributed by atoms with E-state index in [9.17, 15) is 5.11 Å². The van der Waals surface area contributed by atoms with Crippen LogP contribution >= 0.6 is 0 Å². The van der Waals surface area contributed by atoms with Crippen LogP contribution in [0.3, 0.4) is 0 Å². The molecule has 1 aliphatic rings. The molecule has 3 atom stereocenters. The van der Waals surface area contributed by atoms with E-state index < -0.39 is 6.10 Å². The Bertz CT molecular complexity index is 130.